The number of phenolic OH excluding ortho intramolecular Hbond substituents is 1. The lowest BCUT2D eigenvalue weighted by atomic mass is 10.2. The number of phenols is 1. The van der Waals surface area contributed by atoms with Crippen molar-refractivity contribution in [3.05, 3.63) is 23.8 Å². The summed E-state index contributed by atoms with van der Waals surface area (Å²) in [5, 5.41) is 9.35. The van der Waals surface area contributed by atoms with Gasteiger partial charge in [0.1, 0.15) is 18.1 Å². The zero-order valence-electron chi connectivity index (χ0n) is 7.91. The van der Waals surface area contributed by atoms with Crippen LogP contribution < -0.4 is 4.74 Å². The van der Waals surface area contributed by atoms with Crippen LogP contribution in [0.2, 0.25) is 0 Å². The van der Waals surface area contributed by atoms with Crippen LogP contribution in [0.4, 0.5) is 0 Å². The van der Waals surface area contributed by atoms with Gasteiger partial charge in [0.2, 0.25) is 0 Å². The fourth-order valence-corrected chi connectivity index (χ4v) is 0.994. The third kappa shape index (κ3) is 2.63. The molecule has 0 aromatic heterocycles. The minimum atomic E-state index is 0.259. The molecule has 1 N–H and O–H groups in total. The van der Waals surface area contributed by atoms with Gasteiger partial charge in [0.25, 0.3) is 0 Å². The number of hydrogen-bond donors (Lipinski definition) is 1. The van der Waals surface area contributed by atoms with Gasteiger partial charge >= 0.3 is 0 Å². The maximum Gasteiger partial charge on any atom is 0.126 e. The van der Waals surface area contributed by atoms with Crippen molar-refractivity contribution in [1.82, 2.24) is 0 Å². The Labute approximate surface area is 77.9 Å². The molecule has 0 aliphatic heterocycles. The van der Waals surface area contributed by atoms with Gasteiger partial charge in [-0.25, -0.2) is 0 Å². The van der Waals surface area contributed by atoms with Crippen LogP contribution in [0.25, 0.3) is 0 Å². The highest BCUT2D eigenvalue weighted by Crippen LogP contribution is 2.25. The Morgan fingerprint density at radius 2 is 2.08 bits per heavy atom. The Kier molecular flexibility index (Phi) is 3.58. The van der Waals surface area contributed by atoms with Gasteiger partial charge < -0.3 is 14.6 Å². The van der Waals surface area contributed by atoms with Crippen LogP contribution in [-0.2, 0) is 4.74 Å². The summed E-state index contributed by atoms with van der Waals surface area (Å²) in [6.07, 6.45) is 0. The number of aromatic hydroxyl groups is 1. The van der Waals surface area contributed by atoms with Crippen LogP contribution in [-0.4, -0.2) is 25.4 Å². The molecule has 0 heterocycles. The maximum atomic E-state index is 9.35. The summed E-state index contributed by atoms with van der Waals surface area (Å²) in [6.45, 7) is 2.87. The molecule has 0 unspecified atom stereocenters. The smallest absolute Gasteiger partial charge is 0.126 e. The Hall–Kier alpha value is -1.22. The van der Waals surface area contributed by atoms with Crippen molar-refractivity contribution in [3.63, 3.8) is 0 Å². The molecule has 0 spiro atoms. The lowest BCUT2D eigenvalue weighted by Gasteiger charge is -2.08. The van der Waals surface area contributed by atoms with E-state index in [2.05, 4.69) is 0 Å². The summed E-state index contributed by atoms with van der Waals surface area (Å²) in [6, 6.07) is 5.22. The van der Waals surface area contributed by atoms with Crippen molar-refractivity contribution in [2.24, 2.45) is 0 Å². The van der Waals surface area contributed by atoms with E-state index < -0.39 is 0 Å². The van der Waals surface area contributed by atoms with E-state index in [4.69, 9.17) is 9.47 Å². The van der Waals surface area contributed by atoms with Crippen LogP contribution in [0.3, 0.4) is 0 Å². The van der Waals surface area contributed by atoms with Crippen molar-refractivity contribution in [3.8, 4) is 11.5 Å². The SMILES string of the molecule is COCCOc1cccc(O)c1C. The Morgan fingerprint density at radius 3 is 2.77 bits per heavy atom. The first-order valence-corrected chi connectivity index (χ1v) is 4.16. The van der Waals surface area contributed by atoms with E-state index in [0.717, 1.165) is 5.56 Å². The number of methoxy groups -OCH3 is 1. The Bertz CT molecular complexity index is 271. The molecule has 72 valence electrons. The second-order valence-electron chi connectivity index (χ2n) is 2.74. The summed E-state index contributed by atoms with van der Waals surface area (Å²) in [4.78, 5) is 0. The topological polar surface area (TPSA) is 38.7 Å². The molecule has 0 atom stereocenters. The van der Waals surface area contributed by atoms with Crippen LogP contribution in [0, 0.1) is 6.92 Å². The lowest BCUT2D eigenvalue weighted by Crippen LogP contribution is -2.04. The number of ether oxygens (including phenoxy) is 2. The minimum absolute atomic E-state index is 0.259. The molecule has 0 aliphatic carbocycles. The maximum absolute atomic E-state index is 9.35. The molecule has 1 rings (SSSR count). The molecule has 1 aromatic carbocycles. The molecule has 1 aromatic rings. The normalized spacial score (nSPS) is 10.0. The van der Waals surface area contributed by atoms with Gasteiger partial charge in [-0.15, -0.1) is 0 Å². The van der Waals surface area contributed by atoms with E-state index in [-0.39, 0.29) is 5.75 Å². The van der Waals surface area contributed by atoms with Crippen LogP contribution in [0.5, 0.6) is 11.5 Å². The van der Waals surface area contributed by atoms with Crippen molar-refractivity contribution in [1.29, 1.82) is 0 Å². The predicted octanol–water partition coefficient (Wildman–Crippen LogP) is 1.73. The Morgan fingerprint density at radius 1 is 1.31 bits per heavy atom. The molecule has 0 saturated heterocycles. The first-order valence-electron chi connectivity index (χ1n) is 4.16. The molecule has 0 saturated carbocycles. The molecule has 0 bridgehead atoms. The van der Waals surface area contributed by atoms with Gasteiger partial charge in [0.15, 0.2) is 0 Å². The molecular formula is C10H14O3. The monoisotopic (exact) mass is 182 g/mol. The minimum Gasteiger partial charge on any atom is -0.508 e. The summed E-state index contributed by atoms with van der Waals surface area (Å²) < 4.78 is 10.2. The van der Waals surface area contributed by atoms with E-state index in [1.165, 1.54) is 0 Å². The molecule has 13 heavy (non-hydrogen) atoms. The van der Waals surface area contributed by atoms with E-state index in [1.807, 2.05) is 13.0 Å². The Balaban J connectivity index is 2.61. The van der Waals surface area contributed by atoms with Crippen LogP contribution in [0.1, 0.15) is 5.56 Å². The van der Waals surface area contributed by atoms with Gasteiger partial charge in [-0.1, -0.05) is 6.07 Å². The fraction of sp³-hybridized carbons (Fsp3) is 0.400. The summed E-state index contributed by atoms with van der Waals surface area (Å²) >= 11 is 0. The van der Waals surface area contributed by atoms with E-state index in [9.17, 15) is 5.11 Å². The largest absolute Gasteiger partial charge is 0.508 e. The van der Waals surface area contributed by atoms with E-state index >= 15 is 0 Å². The molecule has 3 heteroatoms. The predicted molar refractivity (Wildman–Crippen MR) is 50.2 cm³/mol. The second-order valence-corrected chi connectivity index (χ2v) is 2.74. The summed E-state index contributed by atoms with van der Waals surface area (Å²) in [5.74, 6) is 0.965. The van der Waals surface area contributed by atoms with Crippen LogP contribution in [0.15, 0.2) is 18.2 Å². The van der Waals surface area contributed by atoms with Crippen molar-refractivity contribution >= 4 is 0 Å². The first-order chi connectivity index (χ1) is 6.25. The van der Waals surface area contributed by atoms with Gasteiger partial charge in [0.05, 0.1) is 6.61 Å². The summed E-state index contributed by atoms with van der Waals surface area (Å²) in [7, 11) is 1.62. The standard InChI is InChI=1S/C10H14O3/c1-8-9(11)4-3-5-10(8)13-7-6-12-2/h3-5,11H,6-7H2,1-2H3. The molecule has 0 radical (unpaired) electrons. The molecule has 0 amide bonds. The third-order valence-corrected chi connectivity index (χ3v) is 1.80. The number of hydrogen-bond acceptors (Lipinski definition) is 3. The molecular weight excluding hydrogens is 168 g/mol. The second kappa shape index (κ2) is 4.72. The zero-order valence-corrected chi connectivity index (χ0v) is 7.91. The molecule has 0 fully saturated rings. The van der Waals surface area contributed by atoms with Crippen molar-refractivity contribution in [2.45, 2.75) is 6.92 Å². The first kappa shape index (κ1) is 9.86. The third-order valence-electron chi connectivity index (χ3n) is 1.80. The fourth-order valence-electron chi connectivity index (χ4n) is 0.994. The number of rotatable bonds is 4. The van der Waals surface area contributed by atoms with Gasteiger partial charge in [-0.3, -0.25) is 0 Å². The average molecular weight is 182 g/mol. The van der Waals surface area contributed by atoms with E-state index in [1.54, 1.807) is 19.2 Å². The quantitative estimate of drug-likeness (QED) is 0.720. The van der Waals surface area contributed by atoms with Gasteiger partial charge in [-0.05, 0) is 19.1 Å². The lowest BCUT2D eigenvalue weighted by molar-refractivity contribution is 0.146. The highest BCUT2D eigenvalue weighted by Gasteiger charge is 2.02. The highest BCUT2D eigenvalue weighted by molar-refractivity contribution is 5.42. The zero-order chi connectivity index (χ0) is 9.68. The van der Waals surface area contributed by atoms with Gasteiger partial charge in [-0.2, -0.15) is 0 Å². The van der Waals surface area contributed by atoms with Gasteiger partial charge in [0, 0.05) is 12.7 Å². The average Bonchev–Trinajstić information content (AvgIpc) is 2.13. The van der Waals surface area contributed by atoms with E-state index in [0.29, 0.717) is 19.0 Å². The summed E-state index contributed by atoms with van der Waals surface area (Å²) in [5.41, 5.74) is 0.763. The molecule has 3 nitrogen and oxygen atoms in total. The van der Waals surface area contributed by atoms with Crippen LogP contribution >= 0.6 is 0 Å². The molecule has 0 aliphatic rings. The van der Waals surface area contributed by atoms with Crippen molar-refractivity contribution in [2.75, 3.05) is 20.3 Å². The van der Waals surface area contributed by atoms with Crippen molar-refractivity contribution < 1.29 is 14.6 Å². The highest BCUT2D eigenvalue weighted by atomic mass is 16.5. The number of benzene rings is 1.